The molecule has 0 aliphatic carbocycles. The van der Waals surface area contributed by atoms with Gasteiger partial charge in [-0.15, -0.1) is 5.10 Å². The highest BCUT2D eigenvalue weighted by Gasteiger charge is 2.42. The number of aliphatic hydroxyl groups is 1. The molecule has 22 heavy (non-hydrogen) atoms. The largest absolute Gasteiger partial charge is 0.381 e. The zero-order chi connectivity index (χ0) is 16.3. The minimum Gasteiger partial charge on any atom is -0.381 e. The van der Waals surface area contributed by atoms with Crippen LogP contribution < -0.4 is 0 Å². The van der Waals surface area contributed by atoms with Gasteiger partial charge in [-0.2, -0.15) is 0 Å². The van der Waals surface area contributed by atoms with Crippen molar-refractivity contribution in [3.8, 4) is 0 Å². The van der Waals surface area contributed by atoms with Crippen LogP contribution in [-0.4, -0.2) is 68.5 Å². The van der Waals surface area contributed by atoms with E-state index in [2.05, 4.69) is 15.2 Å². The fraction of sp³-hybridized carbons (Fsp3) is 0.800. The van der Waals surface area contributed by atoms with E-state index in [4.69, 9.17) is 0 Å². The topological polar surface area (TPSA) is 74.5 Å². The molecule has 1 aromatic rings. The van der Waals surface area contributed by atoms with E-state index in [9.17, 15) is 9.90 Å². The van der Waals surface area contributed by atoms with Crippen LogP contribution >= 0.6 is 0 Å². The Bertz CT molecular complexity index is 512. The average Bonchev–Trinajstić information content (AvgIpc) is 3.12. The van der Waals surface area contributed by atoms with Gasteiger partial charge < -0.3 is 10.0 Å². The number of hydrogen-bond acceptors (Lipinski definition) is 5. The van der Waals surface area contributed by atoms with Crippen LogP contribution in [0.4, 0.5) is 0 Å². The van der Waals surface area contributed by atoms with E-state index in [0.717, 1.165) is 13.1 Å². The summed E-state index contributed by atoms with van der Waals surface area (Å²) in [4.78, 5) is 16.1. The second-order valence-electron chi connectivity index (χ2n) is 6.24. The quantitative estimate of drug-likeness (QED) is 0.834. The molecule has 1 fully saturated rings. The monoisotopic (exact) mass is 309 g/mol. The molecule has 2 rings (SSSR count). The second kappa shape index (κ2) is 6.75. The number of likely N-dealkylation sites (N-methyl/N-ethyl adjacent to an activating group) is 1. The molecule has 1 amide bonds. The first kappa shape index (κ1) is 16.9. The Balaban J connectivity index is 2.02. The Kier molecular flexibility index (Phi) is 5.18. The maximum Gasteiger partial charge on any atom is 0.236 e. The number of hydrogen-bond donors (Lipinski definition) is 1. The molecule has 1 N–H and O–H groups in total. The number of nitrogens with zero attached hydrogens (tertiary/aromatic N) is 5. The zero-order valence-corrected chi connectivity index (χ0v) is 14.0. The van der Waals surface area contributed by atoms with Gasteiger partial charge >= 0.3 is 0 Å². The Hall–Kier alpha value is -1.47. The van der Waals surface area contributed by atoms with Crippen molar-refractivity contribution >= 4 is 5.91 Å². The van der Waals surface area contributed by atoms with Gasteiger partial charge in [0.05, 0.1) is 19.3 Å². The number of carbonyl (C=O) groups is 1. The van der Waals surface area contributed by atoms with E-state index >= 15 is 0 Å². The molecule has 0 aromatic carbocycles. The van der Waals surface area contributed by atoms with E-state index in [1.807, 2.05) is 27.7 Å². The van der Waals surface area contributed by atoms with Gasteiger partial charge in [-0.05, 0) is 26.9 Å². The lowest BCUT2D eigenvalue weighted by atomic mass is 10.00. The molecular formula is C15H27N5O2. The molecule has 0 bridgehead atoms. The Morgan fingerprint density at radius 1 is 1.45 bits per heavy atom. The van der Waals surface area contributed by atoms with Crippen molar-refractivity contribution in [2.75, 3.05) is 32.7 Å². The van der Waals surface area contributed by atoms with E-state index in [0.29, 0.717) is 31.7 Å². The van der Waals surface area contributed by atoms with Crippen molar-refractivity contribution in [3.05, 3.63) is 11.9 Å². The van der Waals surface area contributed by atoms with Gasteiger partial charge in [-0.3, -0.25) is 9.69 Å². The van der Waals surface area contributed by atoms with Crippen LogP contribution in [0.1, 0.15) is 45.9 Å². The van der Waals surface area contributed by atoms with Crippen LogP contribution in [0.2, 0.25) is 0 Å². The van der Waals surface area contributed by atoms with Gasteiger partial charge in [0.2, 0.25) is 5.91 Å². The SMILES string of the molecule is CCN(CC)CC(=O)N1CC[C@](O)(c2cn(C(C)C)nn2)C1. The maximum atomic E-state index is 12.3. The van der Waals surface area contributed by atoms with Crippen LogP contribution in [-0.2, 0) is 10.4 Å². The summed E-state index contributed by atoms with van der Waals surface area (Å²) in [5.74, 6) is 0.0656. The van der Waals surface area contributed by atoms with Crippen molar-refractivity contribution in [1.82, 2.24) is 24.8 Å². The van der Waals surface area contributed by atoms with Gasteiger partial charge in [0.25, 0.3) is 0 Å². The number of rotatable bonds is 6. The molecule has 7 nitrogen and oxygen atoms in total. The molecule has 124 valence electrons. The van der Waals surface area contributed by atoms with E-state index < -0.39 is 5.60 Å². The average molecular weight is 309 g/mol. The molecular weight excluding hydrogens is 282 g/mol. The van der Waals surface area contributed by atoms with Crippen LogP contribution in [0, 0.1) is 0 Å². The molecule has 0 spiro atoms. The molecule has 0 saturated carbocycles. The predicted octanol–water partition coefficient (Wildman–Crippen LogP) is 0.621. The summed E-state index contributed by atoms with van der Waals surface area (Å²) in [6.07, 6.45) is 2.29. The Labute approximate surface area is 131 Å². The molecule has 1 saturated heterocycles. The molecule has 1 aromatic heterocycles. The van der Waals surface area contributed by atoms with Crippen LogP contribution in [0.5, 0.6) is 0 Å². The smallest absolute Gasteiger partial charge is 0.236 e. The van der Waals surface area contributed by atoms with Crippen molar-refractivity contribution in [1.29, 1.82) is 0 Å². The third-order valence-electron chi connectivity index (χ3n) is 4.37. The van der Waals surface area contributed by atoms with Crippen molar-refractivity contribution in [2.24, 2.45) is 0 Å². The van der Waals surface area contributed by atoms with E-state index in [-0.39, 0.29) is 11.9 Å². The molecule has 0 radical (unpaired) electrons. The first-order valence-electron chi connectivity index (χ1n) is 8.04. The van der Waals surface area contributed by atoms with Gasteiger partial charge in [-0.1, -0.05) is 19.1 Å². The molecule has 1 aliphatic heterocycles. The molecule has 7 heteroatoms. The molecule has 2 heterocycles. The lowest BCUT2D eigenvalue weighted by Gasteiger charge is -2.24. The second-order valence-corrected chi connectivity index (χ2v) is 6.24. The molecule has 0 unspecified atom stereocenters. The summed E-state index contributed by atoms with van der Waals surface area (Å²) in [5.41, 5.74) is -0.522. The summed E-state index contributed by atoms with van der Waals surface area (Å²) in [5, 5.41) is 18.9. The van der Waals surface area contributed by atoms with E-state index in [1.165, 1.54) is 0 Å². The minimum absolute atomic E-state index is 0.0656. The molecule has 1 atom stereocenters. The molecule has 1 aliphatic rings. The standard InChI is InChI=1S/C15H27N5O2/c1-5-18(6-2)10-14(21)19-8-7-15(22,11-19)13-9-20(12(3)4)17-16-13/h9,12,22H,5-8,10-11H2,1-4H3/t15-/m1/s1. The van der Waals surface area contributed by atoms with Crippen LogP contribution in [0.15, 0.2) is 6.20 Å². The minimum atomic E-state index is -1.08. The summed E-state index contributed by atoms with van der Waals surface area (Å²) in [7, 11) is 0. The summed E-state index contributed by atoms with van der Waals surface area (Å²) >= 11 is 0. The van der Waals surface area contributed by atoms with Gasteiger partial charge in [0, 0.05) is 19.0 Å². The van der Waals surface area contributed by atoms with Crippen LogP contribution in [0.25, 0.3) is 0 Å². The number of amides is 1. The van der Waals surface area contributed by atoms with Gasteiger partial charge in [0.1, 0.15) is 11.3 Å². The fourth-order valence-electron chi connectivity index (χ4n) is 2.70. The number of likely N-dealkylation sites (tertiary alicyclic amines) is 1. The number of carbonyl (C=O) groups excluding carboxylic acids is 1. The third kappa shape index (κ3) is 3.47. The maximum absolute atomic E-state index is 12.3. The highest BCUT2D eigenvalue weighted by molar-refractivity contribution is 5.78. The van der Waals surface area contributed by atoms with Gasteiger partial charge in [-0.25, -0.2) is 4.68 Å². The van der Waals surface area contributed by atoms with Crippen molar-refractivity contribution in [2.45, 2.75) is 45.8 Å². The predicted molar refractivity (Wildman–Crippen MR) is 83.3 cm³/mol. The first-order valence-corrected chi connectivity index (χ1v) is 8.04. The third-order valence-corrected chi connectivity index (χ3v) is 4.37. The number of β-amino-alcohol motifs (C(OH)–C–C–N with tert-alkyl or cyclic N) is 1. The summed E-state index contributed by atoms with van der Waals surface area (Å²) in [6.45, 7) is 11.1. The van der Waals surface area contributed by atoms with Crippen LogP contribution in [0.3, 0.4) is 0 Å². The normalized spacial score (nSPS) is 22.0. The van der Waals surface area contributed by atoms with Crippen molar-refractivity contribution < 1.29 is 9.90 Å². The fourth-order valence-corrected chi connectivity index (χ4v) is 2.70. The zero-order valence-electron chi connectivity index (χ0n) is 14.0. The summed E-state index contributed by atoms with van der Waals surface area (Å²) < 4.78 is 1.73. The lowest BCUT2D eigenvalue weighted by Crippen LogP contribution is -2.41. The van der Waals surface area contributed by atoms with E-state index in [1.54, 1.807) is 15.8 Å². The lowest BCUT2D eigenvalue weighted by molar-refractivity contribution is -0.132. The Morgan fingerprint density at radius 2 is 2.14 bits per heavy atom. The number of aromatic nitrogens is 3. The first-order chi connectivity index (χ1) is 10.4. The Morgan fingerprint density at radius 3 is 2.68 bits per heavy atom. The van der Waals surface area contributed by atoms with Crippen molar-refractivity contribution in [3.63, 3.8) is 0 Å². The highest BCUT2D eigenvalue weighted by atomic mass is 16.3. The highest BCUT2D eigenvalue weighted by Crippen LogP contribution is 2.30. The van der Waals surface area contributed by atoms with Gasteiger partial charge in [0.15, 0.2) is 0 Å². The summed E-state index contributed by atoms with van der Waals surface area (Å²) in [6, 6.07) is 0.201.